The average Bonchev–Trinajstić information content (AvgIpc) is 2.81. The molecule has 1 aliphatic heterocycles. The molecule has 22 heavy (non-hydrogen) atoms. The topological polar surface area (TPSA) is 116 Å². The quantitative estimate of drug-likeness (QED) is 0.556. The van der Waals surface area contributed by atoms with E-state index in [-0.39, 0.29) is 11.3 Å². The Morgan fingerprint density at radius 1 is 1.50 bits per heavy atom. The molecule has 0 fully saturated rings. The van der Waals surface area contributed by atoms with Gasteiger partial charge in [-0.2, -0.15) is 13.7 Å². The highest BCUT2D eigenvalue weighted by molar-refractivity contribution is 8.06. The number of nitrogens with zero attached hydrogens (tertiary/aromatic N) is 2. The summed E-state index contributed by atoms with van der Waals surface area (Å²) in [5.41, 5.74) is 0. The molecule has 1 aliphatic rings. The Morgan fingerprint density at radius 2 is 2.14 bits per heavy atom. The van der Waals surface area contributed by atoms with E-state index in [2.05, 4.69) is 0 Å². The van der Waals surface area contributed by atoms with Gasteiger partial charge in [0.2, 0.25) is 0 Å². The first kappa shape index (κ1) is 18.8. The average molecular weight is 364 g/mol. The van der Waals surface area contributed by atoms with E-state index in [0.717, 1.165) is 6.26 Å². The van der Waals surface area contributed by atoms with Crippen LogP contribution in [-0.2, 0) is 20.0 Å². The molecule has 1 N–H and O–H groups in total. The molecule has 122 valence electrons. The van der Waals surface area contributed by atoms with E-state index in [1.807, 2.05) is 0 Å². The maximum atomic E-state index is 11.3. The summed E-state index contributed by atoms with van der Waals surface area (Å²) in [4.78, 5) is 1.37. The second-order valence-corrected chi connectivity index (χ2v) is 9.38. The van der Waals surface area contributed by atoms with Crippen LogP contribution in [0.15, 0.2) is 33.7 Å². The number of allylic oxidation sites excluding steroid dienone is 3. The van der Waals surface area contributed by atoms with E-state index >= 15 is 0 Å². The minimum Gasteiger partial charge on any atom is -0.342 e. The molecule has 0 aromatic heterocycles. The van der Waals surface area contributed by atoms with Gasteiger partial charge in [-0.3, -0.25) is 4.55 Å². The molecule has 0 saturated carbocycles. The Morgan fingerprint density at radius 3 is 2.64 bits per heavy atom. The standard InChI is InChI=1S/C12H16N2O5S3/c1-10(22(17,18)19)5-6-14-7-8-20-12(14)4-3-11(9-13)21(2,15)16/h3-4,7-8,10H,5-6H2,1-2H3,(H,17,18,19). The third kappa shape index (κ3) is 5.49. The van der Waals surface area contributed by atoms with E-state index in [9.17, 15) is 16.8 Å². The molecule has 0 spiro atoms. The molecule has 1 unspecified atom stereocenters. The lowest BCUT2D eigenvalue weighted by Gasteiger charge is -2.18. The van der Waals surface area contributed by atoms with Gasteiger partial charge in [-0.25, -0.2) is 8.42 Å². The number of rotatable bonds is 6. The molecule has 0 bridgehead atoms. The van der Waals surface area contributed by atoms with E-state index in [1.54, 1.807) is 22.6 Å². The van der Waals surface area contributed by atoms with Gasteiger partial charge in [0.15, 0.2) is 9.84 Å². The third-order valence-corrected chi connectivity index (χ3v) is 6.03. The van der Waals surface area contributed by atoms with Crippen molar-refractivity contribution < 1.29 is 21.4 Å². The van der Waals surface area contributed by atoms with Gasteiger partial charge in [0, 0.05) is 19.0 Å². The fourth-order valence-corrected chi connectivity index (χ4v) is 3.16. The van der Waals surface area contributed by atoms with E-state index in [1.165, 1.54) is 30.8 Å². The molecule has 0 aromatic carbocycles. The van der Waals surface area contributed by atoms with Crippen molar-refractivity contribution in [1.82, 2.24) is 4.90 Å². The molecule has 10 heteroatoms. The maximum Gasteiger partial charge on any atom is 0.267 e. The molecule has 1 rings (SSSR count). The van der Waals surface area contributed by atoms with Gasteiger partial charge in [-0.1, -0.05) is 11.8 Å². The van der Waals surface area contributed by atoms with Crippen LogP contribution in [0.3, 0.4) is 0 Å². The maximum absolute atomic E-state index is 11.3. The Balaban J connectivity index is 2.83. The fraction of sp³-hybridized carbons (Fsp3) is 0.417. The van der Waals surface area contributed by atoms with Crippen molar-refractivity contribution in [2.24, 2.45) is 0 Å². The molecule has 0 aromatic rings. The van der Waals surface area contributed by atoms with Crippen molar-refractivity contribution in [2.75, 3.05) is 12.8 Å². The number of nitriles is 1. The zero-order valence-electron chi connectivity index (χ0n) is 12.0. The molecule has 7 nitrogen and oxygen atoms in total. The van der Waals surface area contributed by atoms with Crippen molar-refractivity contribution >= 4 is 31.7 Å². The zero-order chi connectivity index (χ0) is 17.0. The Hall–Kier alpha value is -1.28. The van der Waals surface area contributed by atoms with Crippen LogP contribution in [0, 0.1) is 11.3 Å². The molecular formula is C12H16N2O5S3. The van der Waals surface area contributed by atoms with Crippen LogP contribution in [0.1, 0.15) is 13.3 Å². The Kier molecular flexibility index (Phi) is 6.25. The number of sulfone groups is 1. The Labute approximate surface area is 134 Å². The van der Waals surface area contributed by atoms with Crippen molar-refractivity contribution in [2.45, 2.75) is 18.6 Å². The highest BCUT2D eigenvalue weighted by Crippen LogP contribution is 2.29. The summed E-state index contributed by atoms with van der Waals surface area (Å²) in [6.07, 6.45) is 5.58. The monoisotopic (exact) mass is 364 g/mol. The molecule has 1 heterocycles. The summed E-state index contributed by atoms with van der Waals surface area (Å²) in [7, 11) is -7.65. The molecule has 1 atom stereocenters. The van der Waals surface area contributed by atoms with Crippen LogP contribution in [0.2, 0.25) is 0 Å². The molecule has 0 aliphatic carbocycles. The highest BCUT2D eigenvalue weighted by atomic mass is 32.2. The number of hydrogen-bond donors (Lipinski definition) is 1. The molecule has 0 radical (unpaired) electrons. The number of thioether (sulfide) groups is 1. The van der Waals surface area contributed by atoms with Gasteiger partial charge in [-0.15, -0.1) is 0 Å². The molecule has 0 saturated heterocycles. The lowest BCUT2D eigenvalue weighted by Crippen LogP contribution is -2.23. The van der Waals surface area contributed by atoms with Crippen LogP contribution in [0.25, 0.3) is 0 Å². The second kappa shape index (κ2) is 7.32. The fourth-order valence-electron chi connectivity index (χ4n) is 1.50. The molecular weight excluding hydrogens is 348 g/mol. The van der Waals surface area contributed by atoms with Gasteiger partial charge in [0.1, 0.15) is 11.0 Å². The van der Waals surface area contributed by atoms with Crippen LogP contribution in [0.4, 0.5) is 0 Å². The summed E-state index contributed by atoms with van der Waals surface area (Å²) >= 11 is 1.32. The van der Waals surface area contributed by atoms with Crippen molar-refractivity contribution in [3.63, 3.8) is 0 Å². The van der Waals surface area contributed by atoms with Crippen molar-refractivity contribution in [3.8, 4) is 6.07 Å². The van der Waals surface area contributed by atoms with Crippen molar-refractivity contribution in [3.05, 3.63) is 33.7 Å². The minimum atomic E-state index is -4.07. The third-order valence-electron chi connectivity index (χ3n) is 2.88. The Bertz CT molecular complexity index is 757. The van der Waals surface area contributed by atoms with Crippen LogP contribution >= 0.6 is 11.8 Å². The summed E-state index contributed by atoms with van der Waals surface area (Å²) in [6.45, 7) is 1.74. The first-order chi connectivity index (χ1) is 10.1. The normalized spacial score (nSPS) is 19.5. The van der Waals surface area contributed by atoms with E-state index < -0.39 is 25.2 Å². The van der Waals surface area contributed by atoms with Gasteiger partial charge < -0.3 is 4.90 Å². The van der Waals surface area contributed by atoms with Crippen LogP contribution in [0.5, 0.6) is 0 Å². The number of hydrogen-bond acceptors (Lipinski definition) is 7. The summed E-state index contributed by atoms with van der Waals surface area (Å²) in [6, 6.07) is 1.62. The van der Waals surface area contributed by atoms with E-state index in [0.29, 0.717) is 11.6 Å². The first-order valence-electron chi connectivity index (χ1n) is 6.14. The summed E-state index contributed by atoms with van der Waals surface area (Å²) in [5, 5.41) is 10.3. The zero-order valence-corrected chi connectivity index (χ0v) is 14.4. The van der Waals surface area contributed by atoms with Crippen LogP contribution in [-0.4, -0.2) is 44.3 Å². The minimum absolute atomic E-state index is 0.210. The highest BCUT2D eigenvalue weighted by Gasteiger charge is 2.20. The second-order valence-electron chi connectivity index (χ2n) is 4.63. The van der Waals surface area contributed by atoms with E-state index in [4.69, 9.17) is 9.81 Å². The van der Waals surface area contributed by atoms with Gasteiger partial charge in [0.25, 0.3) is 10.1 Å². The largest absolute Gasteiger partial charge is 0.342 e. The predicted molar refractivity (Wildman–Crippen MR) is 85.7 cm³/mol. The first-order valence-corrected chi connectivity index (χ1v) is 10.4. The lowest BCUT2D eigenvalue weighted by atomic mass is 10.3. The summed E-state index contributed by atoms with van der Waals surface area (Å²) < 4.78 is 53.5. The summed E-state index contributed by atoms with van der Waals surface area (Å²) in [5.74, 6) is 0. The predicted octanol–water partition coefficient (Wildman–Crippen LogP) is 1.47. The van der Waals surface area contributed by atoms with Gasteiger partial charge in [-0.05, 0) is 30.9 Å². The smallest absolute Gasteiger partial charge is 0.267 e. The van der Waals surface area contributed by atoms with Crippen LogP contribution < -0.4 is 0 Å². The SMILES string of the molecule is CC(CCN1C=CSC1=CC=C(C#N)S(C)(=O)=O)S(=O)(=O)O. The van der Waals surface area contributed by atoms with Gasteiger partial charge in [0.05, 0.1) is 10.3 Å². The molecule has 0 amide bonds. The van der Waals surface area contributed by atoms with Crippen molar-refractivity contribution in [1.29, 1.82) is 5.26 Å². The lowest BCUT2D eigenvalue weighted by molar-refractivity contribution is 0.441. The van der Waals surface area contributed by atoms with Gasteiger partial charge >= 0.3 is 0 Å².